The number of carbonyl (C=O) groups is 1. The van der Waals surface area contributed by atoms with Gasteiger partial charge in [0.15, 0.2) is 0 Å². The van der Waals surface area contributed by atoms with E-state index in [1.807, 2.05) is 0 Å². The summed E-state index contributed by atoms with van der Waals surface area (Å²) in [6.45, 7) is 2.00. The topological polar surface area (TPSA) is 32.3 Å². The van der Waals surface area contributed by atoms with E-state index in [4.69, 9.17) is 0 Å². The van der Waals surface area contributed by atoms with Gasteiger partial charge in [0.1, 0.15) is 0 Å². The molecule has 1 N–H and O–H groups in total. The highest BCUT2D eigenvalue weighted by atomic mass is 19.4. The summed E-state index contributed by atoms with van der Waals surface area (Å²) in [4.78, 5) is 12.8. The van der Waals surface area contributed by atoms with Crippen LogP contribution in [0.2, 0.25) is 0 Å². The molecule has 0 heterocycles. The lowest BCUT2D eigenvalue weighted by atomic mass is 10.0. The predicted molar refractivity (Wildman–Crippen MR) is 71.2 cm³/mol. The van der Waals surface area contributed by atoms with Crippen LogP contribution in [0.25, 0.3) is 0 Å². The summed E-state index contributed by atoms with van der Waals surface area (Å²) in [7, 11) is 3.29. The number of nitrogens with one attached hydrogen (secondary N) is 1. The van der Waals surface area contributed by atoms with Crippen molar-refractivity contribution in [1.29, 1.82) is 0 Å². The van der Waals surface area contributed by atoms with Gasteiger partial charge in [-0.15, -0.1) is 0 Å². The van der Waals surface area contributed by atoms with Crippen LogP contribution < -0.4 is 5.32 Å². The van der Waals surface area contributed by atoms with Gasteiger partial charge < -0.3 is 10.2 Å². The van der Waals surface area contributed by atoms with E-state index in [1.54, 1.807) is 27.1 Å². The Labute approximate surface area is 116 Å². The van der Waals surface area contributed by atoms with Gasteiger partial charge in [0.25, 0.3) is 0 Å². The van der Waals surface area contributed by atoms with Crippen molar-refractivity contribution < 1.29 is 18.0 Å². The lowest BCUT2D eigenvalue weighted by molar-refractivity contribution is -0.138. The van der Waals surface area contributed by atoms with Crippen molar-refractivity contribution in [3.8, 4) is 0 Å². The minimum absolute atomic E-state index is 0.0613. The predicted octanol–water partition coefficient (Wildman–Crippen LogP) is 2.83. The number of hydrogen-bond acceptors (Lipinski definition) is 2. The van der Waals surface area contributed by atoms with Crippen molar-refractivity contribution in [2.45, 2.75) is 25.6 Å². The average Bonchev–Trinajstić information content (AvgIpc) is 2.37. The van der Waals surface area contributed by atoms with Gasteiger partial charge in [-0.2, -0.15) is 13.2 Å². The van der Waals surface area contributed by atoms with E-state index in [-0.39, 0.29) is 17.9 Å². The fraction of sp³-hybridized carbons (Fsp3) is 0.500. The molecule has 0 saturated heterocycles. The summed E-state index contributed by atoms with van der Waals surface area (Å²) in [6.07, 6.45) is -4.11. The van der Waals surface area contributed by atoms with E-state index in [9.17, 15) is 18.0 Å². The van der Waals surface area contributed by atoms with Crippen LogP contribution in [0.5, 0.6) is 0 Å². The van der Waals surface area contributed by atoms with Crippen LogP contribution in [0.1, 0.15) is 30.5 Å². The Hall–Kier alpha value is -1.56. The Bertz CT molecular complexity index is 458. The largest absolute Gasteiger partial charge is 0.416 e. The molecule has 1 unspecified atom stereocenters. The van der Waals surface area contributed by atoms with Crippen molar-refractivity contribution in [2.75, 3.05) is 20.6 Å². The fourth-order valence-electron chi connectivity index (χ4n) is 1.86. The SMILES string of the molecule is CC(NCCC(=O)N(C)C)c1ccccc1C(F)(F)F. The first-order valence-corrected chi connectivity index (χ1v) is 6.33. The molecule has 112 valence electrons. The lowest BCUT2D eigenvalue weighted by Crippen LogP contribution is -2.28. The standard InChI is InChI=1S/C14H19F3N2O/c1-10(18-9-8-13(20)19(2)3)11-6-4-5-7-12(11)14(15,16)17/h4-7,10,18H,8-9H2,1-3H3. The summed E-state index contributed by atoms with van der Waals surface area (Å²) in [6, 6.07) is 5.00. The van der Waals surface area contributed by atoms with Crippen molar-refractivity contribution in [1.82, 2.24) is 10.2 Å². The molecular weight excluding hydrogens is 269 g/mol. The van der Waals surface area contributed by atoms with Crippen LogP contribution >= 0.6 is 0 Å². The first-order valence-electron chi connectivity index (χ1n) is 6.33. The van der Waals surface area contributed by atoms with Crippen LogP contribution in [0.4, 0.5) is 13.2 Å². The molecule has 0 aliphatic heterocycles. The molecule has 1 amide bonds. The number of nitrogens with zero attached hydrogens (tertiary/aromatic N) is 1. The Kier molecular flexibility index (Phi) is 5.56. The highest BCUT2D eigenvalue weighted by molar-refractivity contribution is 5.75. The third-order valence-electron chi connectivity index (χ3n) is 3.02. The molecule has 0 bridgehead atoms. The van der Waals surface area contributed by atoms with Crippen molar-refractivity contribution in [3.05, 3.63) is 35.4 Å². The van der Waals surface area contributed by atoms with Crippen molar-refractivity contribution in [2.24, 2.45) is 0 Å². The minimum Gasteiger partial charge on any atom is -0.349 e. The normalized spacial score (nSPS) is 13.1. The zero-order valence-electron chi connectivity index (χ0n) is 11.8. The number of hydrogen-bond donors (Lipinski definition) is 1. The monoisotopic (exact) mass is 288 g/mol. The summed E-state index contributed by atoms with van der Waals surface area (Å²) in [5.41, 5.74) is -0.448. The molecule has 0 radical (unpaired) electrons. The molecule has 0 aromatic heterocycles. The third kappa shape index (κ3) is 4.52. The fourth-order valence-corrected chi connectivity index (χ4v) is 1.86. The molecule has 6 heteroatoms. The second-order valence-electron chi connectivity index (χ2n) is 4.80. The molecular formula is C14H19F3N2O. The third-order valence-corrected chi connectivity index (χ3v) is 3.02. The molecule has 0 aliphatic carbocycles. The maximum absolute atomic E-state index is 12.9. The molecule has 1 aromatic carbocycles. The van der Waals surface area contributed by atoms with Gasteiger partial charge in [0.05, 0.1) is 5.56 Å². The van der Waals surface area contributed by atoms with E-state index in [1.165, 1.54) is 17.0 Å². The molecule has 1 rings (SSSR count). The smallest absolute Gasteiger partial charge is 0.349 e. The molecule has 0 aliphatic rings. The number of rotatable bonds is 5. The summed E-state index contributed by atoms with van der Waals surface area (Å²) >= 11 is 0. The lowest BCUT2D eigenvalue weighted by Gasteiger charge is -2.20. The first kappa shape index (κ1) is 16.5. The first-order chi connectivity index (χ1) is 9.23. The minimum atomic E-state index is -4.37. The van der Waals surface area contributed by atoms with Gasteiger partial charge in [0, 0.05) is 33.1 Å². The maximum atomic E-state index is 12.9. The van der Waals surface area contributed by atoms with Crippen LogP contribution in [0, 0.1) is 0 Å². The number of amides is 1. The van der Waals surface area contributed by atoms with Gasteiger partial charge in [-0.25, -0.2) is 0 Å². The second-order valence-corrected chi connectivity index (χ2v) is 4.80. The van der Waals surface area contributed by atoms with Crippen LogP contribution in [-0.2, 0) is 11.0 Å². The number of carbonyl (C=O) groups excluding carboxylic acids is 1. The van der Waals surface area contributed by atoms with Crippen molar-refractivity contribution in [3.63, 3.8) is 0 Å². The van der Waals surface area contributed by atoms with Crippen LogP contribution in [0.15, 0.2) is 24.3 Å². The summed E-state index contributed by atoms with van der Waals surface area (Å²) < 4.78 is 38.6. The molecule has 0 saturated carbocycles. The Morgan fingerprint density at radius 3 is 2.45 bits per heavy atom. The molecule has 0 spiro atoms. The average molecular weight is 288 g/mol. The van der Waals surface area contributed by atoms with E-state index in [0.29, 0.717) is 6.54 Å². The second kappa shape index (κ2) is 6.74. The van der Waals surface area contributed by atoms with Crippen molar-refractivity contribution >= 4 is 5.91 Å². The molecule has 1 aromatic rings. The highest BCUT2D eigenvalue weighted by Gasteiger charge is 2.33. The van der Waals surface area contributed by atoms with Gasteiger partial charge in [0.2, 0.25) is 5.91 Å². The van der Waals surface area contributed by atoms with E-state index in [0.717, 1.165) is 6.07 Å². The quantitative estimate of drug-likeness (QED) is 0.903. The summed E-state index contributed by atoms with van der Waals surface area (Å²) in [5.74, 6) is -0.0613. The molecule has 0 fully saturated rings. The van der Waals surface area contributed by atoms with Crippen LogP contribution in [0.3, 0.4) is 0 Å². The Balaban J connectivity index is 2.69. The van der Waals surface area contributed by atoms with Gasteiger partial charge in [-0.3, -0.25) is 4.79 Å². The van der Waals surface area contributed by atoms with Crippen LogP contribution in [-0.4, -0.2) is 31.4 Å². The number of alkyl halides is 3. The Morgan fingerprint density at radius 1 is 1.30 bits per heavy atom. The molecule has 20 heavy (non-hydrogen) atoms. The van der Waals surface area contributed by atoms with Gasteiger partial charge >= 0.3 is 6.18 Å². The van der Waals surface area contributed by atoms with E-state index >= 15 is 0 Å². The maximum Gasteiger partial charge on any atom is 0.416 e. The summed E-state index contributed by atoms with van der Waals surface area (Å²) in [5, 5.41) is 2.95. The zero-order chi connectivity index (χ0) is 15.3. The number of halogens is 3. The highest BCUT2D eigenvalue weighted by Crippen LogP contribution is 2.34. The Morgan fingerprint density at radius 2 is 1.90 bits per heavy atom. The van der Waals surface area contributed by atoms with E-state index < -0.39 is 17.8 Å². The molecule has 3 nitrogen and oxygen atoms in total. The molecule has 1 atom stereocenters. The zero-order valence-corrected chi connectivity index (χ0v) is 11.8. The number of benzene rings is 1. The van der Waals surface area contributed by atoms with Gasteiger partial charge in [-0.05, 0) is 18.6 Å². The van der Waals surface area contributed by atoms with E-state index in [2.05, 4.69) is 5.32 Å². The van der Waals surface area contributed by atoms with Gasteiger partial charge in [-0.1, -0.05) is 18.2 Å².